The van der Waals surface area contributed by atoms with Crippen LogP contribution in [-0.4, -0.2) is 19.6 Å². The second-order valence-corrected chi connectivity index (χ2v) is 6.94. The second-order valence-electron chi connectivity index (χ2n) is 6.51. The Bertz CT molecular complexity index is 1270. The highest BCUT2D eigenvalue weighted by Crippen LogP contribution is 2.45. The number of rotatable bonds is 2. The molecule has 0 amide bonds. The van der Waals surface area contributed by atoms with Crippen LogP contribution in [0.5, 0.6) is 5.75 Å². The van der Waals surface area contributed by atoms with E-state index >= 15 is 0 Å². The van der Waals surface area contributed by atoms with Crippen molar-refractivity contribution in [2.45, 2.75) is 6.17 Å². The zero-order chi connectivity index (χ0) is 19.4. The Hall–Kier alpha value is -3.58. The van der Waals surface area contributed by atoms with Crippen LogP contribution >= 0.6 is 11.6 Å². The molecule has 0 aliphatic carbocycles. The number of anilines is 1. The molecule has 138 valence electrons. The van der Waals surface area contributed by atoms with Crippen molar-refractivity contribution in [3.63, 3.8) is 0 Å². The van der Waals surface area contributed by atoms with E-state index in [4.69, 9.17) is 16.6 Å². The van der Waals surface area contributed by atoms with Crippen LogP contribution in [-0.2, 0) is 0 Å². The molecule has 5 rings (SSSR count). The van der Waals surface area contributed by atoms with Gasteiger partial charge in [-0.2, -0.15) is 0 Å². The number of fused-ring (bicyclic) bond motifs is 5. The summed E-state index contributed by atoms with van der Waals surface area (Å²) in [7, 11) is 0. The number of phenols is 1. The van der Waals surface area contributed by atoms with Crippen LogP contribution in [0.3, 0.4) is 0 Å². The number of aromatic nitrogens is 2. The van der Waals surface area contributed by atoms with Crippen molar-refractivity contribution in [2.75, 3.05) is 5.32 Å². The maximum Gasteiger partial charge on any atom is 0.312 e. The number of imidazole rings is 1. The van der Waals surface area contributed by atoms with Gasteiger partial charge in [0.05, 0.1) is 16.0 Å². The van der Waals surface area contributed by atoms with E-state index in [1.165, 1.54) is 6.07 Å². The minimum Gasteiger partial charge on any atom is -0.502 e. The maximum atomic E-state index is 11.4. The number of hydrogen-bond acceptors (Lipinski definition) is 5. The first kappa shape index (κ1) is 16.6. The van der Waals surface area contributed by atoms with Crippen molar-refractivity contribution in [1.82, 2.24) is 9.55 Å². The van der Waals surface area contributed by atoms with Gasteiger partial charge in [-0.15, -0.1) is 0 Å². The van der Waals surface area contributed by atoms with Crippen molar-refractivity contribution in [3.8, 4) is 17.1 Å². The number of nitro groups is 1. The molecule has 1 aliphatic rings. The third-order valence-electron chi connectivity index (χ3n) is 4.89. The molecular weight excluding hydrogens is 380 g/mol. The number of nitrogens with zero attached hydrogens (tertiary/aromatic N) is 3. The number of benzene rings is 3. The Kier molecular flexibility index (Phi) is 3.53. The molecule has 1 unspecified atom stereocenters. The number of hydrogen-bond donors (Lipinski definition) is 2. The molecular formula is C20H13ClN4O3. The summed E-state index contributed by atoms with van der Waals surface area (Å²) in [5, 5.41) is 25.5. The molecule has 0 saturated carbocycles. The number of phenolic OH excluding ortho intramolecular Hbond substituents is 1. The van der Waals surface area contributed by atoms with E-state index in [9.17, 15) is 15.2 Å². The van der Waals surface area contributed by atoms with E-state index in [-0.39, 0.29) is 5.02 Å². The van der Waals surface area contributed by atoms with E-state index in [1.54, 1.807) is 0 Å². The van der Waals surface area contributed by atoms with Gasteiger partial charge in [0.25, 0.3) is 0 Å². The van der Waals surface area contributed by atoms with Crippen molar-refractivity contribution in [3.05, 3.63) is 81.4 Å². The lowest BCUT2D eigenvalue weighted by Gasteiger charge is -2.30. The zero-order valence-corrected chi connectivity index (χ0v) is 15.1. The summed E-state index contributed by atoms with van der Waals surface area (Å²) in [6.45, 7) is 0. The minimum absolute atomic E-state index is 0.172. The van der Waals surface area contributed by atoms with Crippen LogP contribution < -0.4 is 5.32 Å². The molecule has 4 aromatic rings. The minimum atomic E-state index is -0.644. The molecule has 1 atom stereocenters. The molecule has 3 aromatic carbocycles. The highest BCUT2D eigenvalue weighted by molar-refractivity contribution is 6.31. The maximum absolute atomic E-state index is 11.4. The first-order chi connectivity index (χ1) is 13.5. The van der Waals surface area contributed by atoms with E-state index in [2.05, 4.69) is 5.32 Å². The van der Waals surface area contributed by atoms with Gasteiger partial charge in [-0.25, -0.2) is 4.98 Å². The Morgan fingerprint density at radius 3 is 2.71 bits per heavy atom. The molecule has 8 heteroatoms. The summed E-state index contributed by atoms with van der Waals surface area (Å²) in [6.07, 6.45) is -0.616. The molecule has 1 aliphatic heterocycles. The van der Waals surface area contributed by atoms with Crippen LogP contribution in [0, 0.1) is 10.1 Å². The summed E-state index contributed by atoms with van der Waals surface area (Å²) < 4.78 is 1.92. The Morgan fingerprint density at radius 1 is 1.14 bits per heavy atom. The van der Waals surface area contributed by atoms with Crippen molar-refractivity contribution in [1.29, 1.82) is 0 Å². The summed E-state index contributed by atoms with van der Waals surface area (Å²) in [5.74, 6) is 0.289. The van der Waals surface area contributed by atoms with Crippen LogP contribution in [0.15, 0.2) is 60.7 Å². The Labute approximate surface area is 164 Å². The topological polar surface area (TPSA) is 93.2 Å². The van der Waals surface area contributed by atoms with Crippen molar-refractivity contribution < 1.29 is 10.0 Å². The van der Waals surface area contributed by atoms with Crippen molar-refractivity contribution >= 4 is 34.0 Å². The molecule has 0 radical (unpaired) electrons. The lowest BCUT2D eigenvalue weighted by Crippen LogP contribution is -2.25. The SMILES string of the molecule is O=[N+]([O-])c1cc(Cl)cc(C2Nc3ccccc3-c3nc4ccccc4n32)c1O. The first-order valence-corrected chi connectivity index (χ1v) is 8.92. The fourth-order valence-electron chi connectivity index (χ4n) is 3.68. The largest absolute Gasteiger partial charge is 0.502 e. The summed E-state index contributed by atoms with van der Waals surface area (Å²) in [4.78, 5) is 15.5. The van der Waals surface area contributed by atoms with Crippen LogP contribution in [0.2, 0.25) is 5.02 Å². The normalized spacial score (nSPS) is 15.0. The summed E-state index contributed by atoms with van der Waals surface area (Å²) in [6, 6.07) is 18.0. The molecule has 0 saturated heterocycles. The van der Waals surface area contributed by atoms with Crippen LogP contribution in [0.4, 0.5) is 11.4 Å². The van der Waals surface area contributed by atoms with Crippen LogP contribution in [0.25, 0.3) is 22.4 Å². The van der Waals surface area contributed by atoms with Gasteiger partial charge in [0.2, 0.25) is 5.75 Å². The Balaban J connectivity index is 1.83. The smallest absolute Gasteiger partial charge is 0.312 e. The van der Waals surface area contributed by atoms with E-state index in [0.717, 1.165) is 28.4 Å². The second kappa shape index (κ2) is 5.97. The predicted octanol–water partition coefficient (Wildman–Crippen LogP) is 4.94. The highest BCUT2D eigenvalue weighted by atomic mass is 35.5. The van der Waals surface area contributed by atoms with Gasteiger partial charge in [0.15, 0.2) is 0 Å². The van der Waals surface area contributed by atoms with Gasteiger partial charge in [-0.1, -0.05) is 35.9 Å². The average Bonchev–Trinajstić information content (AvgIpc) is 3.09. The van der Waals surface area contributed by atoms with E-state index in [1.807, 2.05) is 53.1 Å². The third-order valence-corrected chi connectivity index (χ3v) is 5.11. The van der Waals surface area contributed by atoms with Gasteiger partial charge in [0.1, 0.15) is 12.0 Å². The standard InChI is InChI=1S/C20H13ClN4O3/c21-11-9-13(18(26)17(10-11)25(27)28)20-22-14-6-2-1-5-12(14)19-23-15-7-3-4-8-16(15)24(19)20/h1-10,20,22,26H. The van der Waals surface area contributed by atoms with Crippen molar-refractivity contribution in [2.24, 2.45) is 0 Å². The first-order valence-electron chi connectivity index (χ1n) is 8.54. The van der Waals surface area contributed by atoms with Gasteiger partial charge >= 0.3 is 5.69 Å². The molecule has 0 spiro atoms. The zero-order valence-electron chi connectivity index (χ0n) is 14.3. The third kappa shape index (κ3) is 2.33. The number of aromatic hydroxyl groups is 1. The number of nitrogens with one attached hydrogen (secondary N) is 1. The molecule has 2 N–H and O–H groups in total. The Morgan fingerprint density at radius 2 is 1.89 bits per heavy atom. The number of halogens is 1. The van der Waals surface area contributed by atoms with E-state index < -0.39 is 22.5 Å². The van der Waals surface area contributed by atoms with Gasteiger partial charge < -0.3 is 10.4 Å². The fraction of sp³-hybridized carbons (Fsp3) is 0.0500. The predicted molar refractivity (Wildman–Crippen MR) is 107 cm³/mol. The fourth-order valence-corrected chi connectivity index (χ4v) is 3.90. The lowest BCUT2D eigenvalue weighted by atomic mass is 10.0. The molecule has 0 bridgehead atoms. The van der Waals surface area contributed by atoms with Gasteiger partial charge in [-0.05, 0) is 30.3 Å². The lowest BCUT2D eigenvalue weighted by molar-refractivity contribution is -0.385. The molecule has 2 heterocycles. The molecule has 1 aromatic heterocycles. The molecule has 7 nitrogen and oxygen atoms in total. The number of nitro benzene ring substituents is 1. The highest BCUT2D eigenvalue weighted by Gasteiger charge is 2.32. The molecule has 28 heavy (non-hydrogen) atoms. The quantitative estimate of drug-likeness (QED) is 0.372. The number of para-hydroxylation sites is 3. The van der Waals surface area contributed by atoms with Gasteiger partial charge in [0, 0.05) is 27.9 Å². The van der Waals surface area contributed by atoms with Crippen LogP contribution in [0.1, 0.15) is 11.7 Å². The molecule has 0 fully saturated rings. The van der Waals surface area contributed by atoms with Gasteiger partial charge in [-0.3, -0.25) is 14.7 Å². The summed E-state index contributed by atoms with van der Waals surface area (Å²) >= 11 is 6.14. The average molecular weight is 393 g/mol. The monoisotopic (exact) mass is 392 g/mol. The summed E-state index contributed by atoms with van der Waals surface area (Å²) in [5.41, 5.74) is 3.22. The van der Waals surface area contributed by atoms with E-state index in [0.29, 0.717) is 11.4 Å².